The number of nitrogens with two attached hydrogens (primary N) is 1. The Morgan fingerprint density at radius 1 is 0.951 bits per heavy atom. The number of hydrogen-bond donors (Lipinski definition) is 1. The lowest BCUT2D eigenvalue weighted by molar-refractivity contribution is -0.170. The first-order valence-electron chi connectivity index (χ1n) is 13.8. The molecule has 2 heterocycles. The highest BCUT2D eigenvalue weighted by Crippen LogP contribution is 2.26. The molecular weight excluding hydrogens is 534 g/mol. The Morgan fingerprint density at radius 2 is 1.54 bits per heavy atom. The number of carbonyl (C=O) groups excluding carboxylic acids is 4. The molecule has 2 atom stereocenters. The Morgan fingerprint density at radius 3 is 2.07 bits per heavy atom. The summed E-state index contributed by atoms with van der Waals surface area (Å²) in [6.07, 6.45) is 0.137. The molecule has 1 aromatic rings. The molecule has 2 unspecified atom stereocenters. The number of amides is 1. The van der Waals surface area contributed by atoms with Crippen molar-refractivity contribution in [1.82, 2.24) is 10.0 Å². The molecule has 228 valence electrons. The summed E-state index contributed by atoms with van der Waals surface area (Å²) in [6.45, 7) is 12.2. The molecule has 0 saturated carbocycles. The summed E-state index contributed by atoms with van der Waals surface area (Å²) >= 11 is 0. The minimum absolute atomic E-state index is 0.130. The molecule has 2 aliphatic heterocycles. The molecule has 0 aliphatic carbocycles. The third-order valence-corrected chi connectivity index (χ3v) is 6.56. The van der Waals surface area contributed by atoms with E-state index in [9.17, 15) is 19.2 Å². The first kappa shape index (κ1) is 32.1. The zero-order valence-electron chi connectivity index (χ0n) is 25.1. The standard InChI is InChI=1S/C29H43N3O9/c1-27(2,3)40-23(33)20-12-14-31(15-13-20)32-17-22(39-26(32)36)18-38-21-10-8-19(9-11-21)16-29(30,24(34)37-7)25(35)41-28(4,5)6/h8-11,20,22H,12-18,30H2,1-7H3. The van der Waals surface area contributed by atoms with Crippen LogP contribution in [0.25, 0.3) is 0 Å². The van der Waals surface area contributed by atoms with Crippen molar-refractivity contribution >= 4 is 24.0 Å². The van der Waals surface area contributed by atoms with Gasteiger partial charge in [-0.25, -0.2) is 24.4 Å². The van der Waals surface area contributed by atoms with Gasteiger partial charge in [-0.05, 0) is 72.1 Å². The van der Waals surface area contributed by atoms with Gasteiger partial charge in [-0.1, -0.05) is 12.1 Å². The first-order valence-corrected chi connectivity index (χ1v) is 13.8. The molecule has 0 radical (unpaired) electrons. The minimum Gasteiger partial charge on any atom is -0.490 e. The maximum Gasteiger partial charge on any atom is 0.425 e. The predicted molar refractivity (Wildman–Crippen MR) is 148 cm³/mol. The lowest BCUT2D eigenvalue weighted by atomic mass is 9.91. The highest BCUT2D eigenvalue weighted by Gasteiger charge is 2.46. The second-order valence-electron chi connectivity index (χ2n) is 12.4. The first-order chi connectivity index (χ1) is 19.0. The highest BCUT2D eigenvalue weighted by molar-refractivity contribution is 6.05. The number of hydrazine groups is 1. The molecule has 1 amide bonds. The summed E-state index contributed by atoms with van der Waals surface area (Å²) in [5, 5.41) is 3.47. The van der Waals surface area contributed by atoms with E-state index in [1.54, 1.807) is 50.0 Å². The van der Waals surface area contributed by atoms with Crippen LogP contribution in [0.5, 0.6) is 5.75 Å². The van der Waals surface area contributed by atoms with Crippen molar-refractivity contribution in [3.63, 3.8) is 0 Å². The molecule has 0 spiro atoms. The number of esters is 3. The summed E-state index contributed by atoms with van der Waals surface area (Å²) in [5.74, 6) is -1.65. The highest BCUT2D eigenvalue weighted by atomic mass is 16.6. The van der Waals surface area contributed by atoms with Crippen molar-refractivity contribution in [2.45, 2.75) is 83.6 Å². The van der Waals surface area contributed by atoms with E-state index >= 15 is 0 Å². The van der Waals surface area contributed by atoms with Crippen LogP contribution in [0.4, 0.5) is 4.79 Å². The van der Waals surface area contributed by atoms with Gasteiger partial charge in [0, 0.05) is 19.5 Å². The molecule has 41 heavy (non-hydrogen) atoms. The van der Waals surface area contributed by atoms with Crippen LogP contribution in [0.3, 0.4) is 0 Å². The smallest absolute Gasteiger partial charge is 0.425 e. The Kier molecular flexibility index (Phi) is 9.91. The van der Waals surface area contributed by atoms with Gasteiger partial charge < -0.3 is 29.4 Å². The molecule has 3 rings (SSSR count). The zero-order valence-corrected chi connectivity index (χ0v) is 25.1. The molecule has 1 aromatic carbocycles. The van der Waals surface area contributed by atoms with Gasteiger partial charge in [-0.15, -0.1) is 0 Å². The number of ether oxygens (including phenoxy) is 5. The van der Waals surface area contributed by atoms with E-state index in [0.29, 0.717) is 43.8 Å². The fraction of sp³-hybridized carbons (Fsp3) is 0.655. The Hall–Kier alpha value is -3.38. The summed E-state index contributed by atoms with van der Waals surface area (Å²) in [5.41, 5.74) is 3.42. The van der Waals surface area contributed by atoms with Crippen LogP contribution in [0, 0.1) is 5.92 Å². The van der Waals surface area contributed by atoms with E-state index in [-0.39, 0.29) is 24.9 Å². The van der Waals surface area contributed by atoms with Crippen LogP contribution >= 0.6 is 0 Å². The van der Waals surface area contributed by atoms with Gasteiger partial charge in [-0.3, -0.25) is 4.79 Å². The van der Waals surface area contributed by atoms with E-state index in [2.05, 4.69) is 0 Å². The number of benzene rings is 1. The lowest BCUT2D eigenvalue weighted by Gasteiger charge is -2.36. The summed E-state index contributed by atoms with van der Waals surface area (Å²) in [6, 6.07) is 6.73. The van der Waals surface area contributed by atoms with Crippen LogP contribution in [0.15, 0.2) is 24.3 Å². The Bertz CT molecular complexity index is 1100. The van der Waals surface area contributed by atoms with Gasteiger partial charge in [0.2, 0.25) is 5.54 Å². The fourth-order valence-corrected chi connectivity index (χ4v) is 4.55. The molecule has 2 aliphatic rings. The largest absolute Gasteiger partial charge is 0.490 e. The molecule has 2 saturated heterocycles. The maximum atomic E-state index is 12.7. The van der Waals surface area contributed by atoms with Crippen LogP contribution in [-0.4, -0.2) is 90.2 Å². The summed E-state index contributed by atoms with van der Waals surface area (Å²) in [4.78, 5) is 50.0. The number of rotatable bonds is 9. The van der Waals surface area contributed by atoms with E-state index in [1.165, 1.54) is 0 Å². The van der Waals surface area contributed by atoms with Crippen molar-refractivity contribution in [1.29, 1.82) is 0 Å². The van der Waals surface area contributed by atoms with Gasteiger partial charge in [-0.2, -0.15) is 0 Å². The molecule has 0 aromatic heterocycles. The van der Waals surface area contributed by atoms with E-state index in [0.717, 1.165) is 7.11 Å². The van der Waals surface area contributed by atoms with Crippen molar-refractivity contribution in [3.05, 3.63) is 29.8 Å². The third kappa shape index (κ3) is 8.80. The second kappa shape index (κ2) is 12.6. The zero-order chi connectivity index (χ0) is 30.6. The Labute approximate surface area is 241 Å². The van der Waals surface area contributed by atoms with Crippen LogP contribution in [-0.2, 0) is 39.8 Å². The summed E-state index contributed by atoms with van der Waals surface area (Å²) < 4.78 is 27.0. The van der Waals surface area contributed by atoms with Gasteiger partial charge >= 0.3 is 24.0 Å². The van der Waals surface area contributed by atoms with Crippen molar-refractivity contribution < 1.29 is 42.9 Å². The molecule has 2 N–H and O–H groups in total. The number of hydrogen-bond acceptors (Lipinski definition) is 11. The number of piperidine rings is 1. The Balaban J connectivity index is 1.51. The number of nitrogens with zero attached hydrogens (tertiary/aromatic N) is 2. The maximum absolute atomic E-state index is 12.7. The topological polar surface area (TPSA) is 147 Å². The van der Waals surface area contributed by atoms with Gasteiger partial charge in [0.15, 0.2) is 6.10 Å². The average Bonchev–Trinajstić information content (AvgIpc) is 3.26. The summed E-state index contributed by atoms with van der Waals surface area (Å²) in [7, 11) is 1.16. The van der Waals surface area contributed by atoms with E-state index < -0.39 is 40.9 Å². The van der Waals surface area contributed by atoms with Gasteiger partial charge in [0.05, 0.1) is 19.6 Å². The number of methoxy groups -OCH3 is 1. The number of cyclic esters (lactones) is 1. The van der Waals surface area contributed by atoms with Crippen molar-refractivity contribution in [2.24, 2.45) is 11.7 Å². The van der Waals surface area contributed by atoms with Gasteiger partial charge in [0.1, 0.15) is 23.6 Å². The predicted octanol–water partition coefficient (Wildman–Crippen LogP) is 2.61. The quantitative estimate of drug-likeness (QED) is 0.262. The molecule has 12 nitrogen and oxygen atoms in total. The monoisotopic (exact) mass is 577 g/mol. The van der Waals surface area contributed by atoms with Crippen LogP contribution in [0.2, 0.25) is 0 Å². The van der Waals surface area contributed by atoms with E-state index in [4.69, 9.17) is 29.4 Å². The SMILES string of the molecule is COC(=O)C(N)(Cc1ccc(OCC2CN(N3CCC(C(=O)OC(C)(C)C)CC3)C(=O)O2)cc1)C(=O)OC(C)(C)C. The van der Waals surface area contributed by atoms with E-state index in [1.807, 2.05) is 25.8 Å². The van der Waals surface area contributed by atoms with Gasteiger partial charge in [0.25, 0.3) is 0 Å². The normalized spacial score (nSPS) is 20.1. The molecule has 2 fully saturated rings. The lowest BCUT2D eigenvalue weighted by Crippen LogP contribution is -2.59. The third-order valence-electron chi connectivity index (χ3n) is 6.56. The number of carbonyl (C=O) groups is 4. The average molecular weight is 578 g/mol. The molecule has 0 bridgehead atoms. The van der Waals surface area contributed by atoms with Crippen molar-refractivity contribution in [3.8, 4) is 5.75 Å². The van der Waals surface area contributed by atoms with Crippen LogP contribution in [0.1, 0.15) is 59.9 Å². The fourth-order valence-electron chi connectivity index (χ4n) is 4.55. The molecular formula is C29H43N3O9. The second-order valence-corrected chi connectivity index (χ2v) is 12.4. The molecule has 12 heteroatoms. The van der Waals surface area contributed by atoms with Crippen LogP contribution < -0.4 is 10.5 Å². The minimum atomic E-state index is -2.01. The van der Waals surface area contributed by atoms with Crippen molar-refractivity contribution in [2.75, 3.05) is 33.4 Å².